The second-order valence-electron chi connectivity index (χ2n) is 7.43. The second kappa shape index (κ2) is 12.6. The molecule has 0 bridgehead atoms. The van der Waals surface area contributed by atoms with Crippen LogP contribution in [0.25, 0.3) is 0 Å². The lowest BCUT2D eigenvalue weighted by Crippen LogP contribution is -2.67. The maximum atomic E-state index is 12.8. The fourth-order valence-electron chi connectivity index (χ4n) is 3.38. The maximum absolute atomic E-state index is 12.8. The third-order valence-corrected chi connectivity index (χ3v) is 4.64. The molecule has 2 rings (SSSR count). The minimum absolute atomic E-state index is 0.321. The van der Waals surface area contributed by atoms with E-state index in [2.05, 4.69) is 10.6 Å². The van der Waals surface area contributed by atoms with Crippen molar-refractivity contribution in [3.63, 3.8) is 0 Å². The van der Waals surface area contributed by atoms with Gasteiger partial charge in [0.15, 0.2) is 12.2 Å². The molecular formula is C22H28N2O11. The lowest BCUT2D eigenvalue weighted by atomic mass is 9.96. The SMILES string of the molecule is COc1ccccc1NC(=O)NC1C(OC(C)=O)OC(COC(C)=O)C(OC(C)=O)C1OC(C)=O. The predicted molar refractivity (Wildman–Crippen MR) is 117 cm³/mol. The number of hydrogen-bond donors (Lipinski definition) is 2. The minimum Gasteiger partial charge on any atom is -0.495 e. The monoisotopic (exact) mass is 496 g/mol. The molecule has 35 heavy (non-hydrogen) atoms. The number of para-hydroxylation sites is 2. The maximum Gasteiger partial charge on any atom is 0.319 e. The Balaban J connectivity index is 2.40. The quantitative estimate of drug-likeness (QED) is 0.388. The van der Waals surface area contributed by atoms with Crippen molar-refractivity contribution in [2.75, 3.05) is 19.0 Å². The Hall–Kier alpha value is -3.87. The van der Waals surface area contributed by atoms with E-state index in [-0.39, 0.29) is 0 Å². The van der Waals surface area contributed by atoms with Crippen molar-refractivity contribution < 1.29 is 52.4 Å². The number of rotatable bonds is 8. The second-order valence-corrected chi connectivity index (χ2v) is 7.43. The molecule has 1 aliphatic heterocycles. The third-order valence-electron chi connectivity index (χ3n) is 4.64. The molecule has 0 spiro atoms. The summed E-state index contributed by atoms with van der Waals surface area (Å²) in [6.45, 7) is 4.07. The zero-order valence-electron chi connectivity index (χ0n) is 19.9. The van der Waals surface area contributed by atoms with Crippen LogP contribution in [0.4, 0.5) is 10.5 Å². The van der Waals surface area contributed by atoms with Crippen LogP contribution in [0.3, 0.4) is 0 Å². The average molecular weight is 496 g/mol. The van der Waals surface area contributed by atoms with Gasteiger partial charge in [0.25, 0.3) is 0 Å². The molecule has 5 unspecified atom stereocenters. The van der Waals surface area contributed by atoms with Gasteiger partial charge in [-0.1, -0.05) is 12.1 Å². The Labute approximate surface area is 201 Å². The molecule has 0 aromatic heterocycles. The Morgan fingerprint density at radius 3 is 2.03 bits per heavy atom. The first kappa shape index (κ1) is 27.4. The Kier molecular flexibility index (Phi) is 9.82. The van der Waals surface area contributed by atoms with E-state index in [1.165, 1.54) is 7.11 Å². The molecule has 0 aliphatic carbocycles. The van der Waals surface area contributed by atoms with Gasteiger partial charge in [-0.25, -0.2) is 4.79 Å². The Bertz CT molecular complexity index is 951. The standard InChI is InChI=1S/C22H28N2O11/c1-11(25)31-10-17-19(32-12(2)26)20(33-13(3)27)18(21(35-17)34-14(4)28)24-22(29)23-15-8-6-7-9-16(15)30-5/h6-9,17-21H,10H2,1-5H3,(H2,23,24,29). The van der Waals surface area contributed by atoms with Crippen molar-refractivity contribution >= 4 is 35.6 Å². The number of hydrogen-bond acceptors (Lipinski definition) is 11. The number of anilines is 1. The zero-order chi connectivity index (χ0) is 26.1. The van der Waals surface area contributed by atoms with Gasteiger partial charge in [-0.05, 0) is 12.1 Å². The number of amides is 2. The smallest absolute Gasteiger partial charge is 0.319 e. The van der Waals surface area contributed by atoms with Crippen LogP contribution in [0.15, 0.2) is 24.3 Å². The van der Waals surface area contributed by atoms with Gasteiger partial charge in [0.2, 0.25) is 6.29 Å². The summed E-state index contributed by atoms with van der Waals surface area (Å²) < 4.78 is 31.8. The molecule has 2 amide bonds. The van der Waals surface area contributed by atoms with Gasteiger partial charge in [0.05, 0.1) is 12.8 Å². The Morgan fingerprint density at radius 2 is 1.46 bits per heavy atom. The van der Waals surface area contributed by atoms with Gasteiger partial charge in [0.1, 0.15) is 24.5 Å². The molecule has 13 heteroatoms. The van der Waals surface area contributed by atoms with Crippen LogP contribution in [-0.2, 0) is 42.9 Å². The number of urea groups is 1. The Morgan fingerprint density at radius 1 is 0.857 bits per heavy atom. The van der Waals surface area contributed by atoms with Crippen molar-refractivity contribution in [2.45, 2.75) is 58.3 Å². The molecular weight excluding hydrogens is 468 g/mol. The summed E-state index contributed by atoms with van der Waals surface area (Å²) in [6, 6.07) is 4.46. The molecule has 1 aromatic carbocycles. The van der Waals surface area contributed by atoms with Gasteiger partial charge < -0.3 is 39.1 Å². The number of methoxy groups -OCH3 is 1. The summed E-state index contributed by atoms with van der Waals surface area (Å²) in [5.41, 5.74) is 0.321. The van der Waals surface area contributed by atoms with Gasteiger partial charge in [-0.15, -0.1) is 0 Å². The van der Waals surface area contributed by atoms with E-state index in [0.717, 1.165) is 27.7 Å². The molecule has 1 heterocycles. The molecule has 1 aliphatic rings. The number of ether oxygens (including phenoxy) is 6. The summed E-state index contributed by atoms with van der Waals surface area (Å²) in [4.78, 5) is 59.6. The third kappa shape index (κ3) is 8.14. The first-order valence-corrected chi connectivity index (χ1v) is 10.5. The van der Waals surface area contributed by atoms with Crippen molar-refractivity contribution in [3.05, 3.63) is 24.3 Å². The molecule has 2 N–H and O–H groups in total. The molecule has 0 radical (unpaired) electrons. The number of esters is 4. The predicted octanol–water partition coefficient (Wildman–Crippen LogP) is 0.900. The van der Waals surface area contributed by atoms with Crippen LogP contribution >= 0.6 is 0 Å². The van der Waals surface area contributed by atoms with Gasteiger partial charge in [0, 0.05) is 27.7 Å². The van der Waals surface area contributed by atoms with Gasteiger partial charge in [-0.2, -0.15) is 0 Å². The lowest BCUT2D eigenvalue weighted by Gasteiger charge is -2.44. The molecule has 192 valence electrons. The molecule has 13 nitrogen and oxygen atoms in total. The topological polar surface area (TPSA) is 165 Å². The number of carbonyl (C=O) groups excluding carboxylic acids is 5. The first-order valence-electron chi connectivity index (χ1n) is 10.5. The zero-order valence-corrected chi connectivity index (χ0v) is 19.9. The summed E-state index contributed by atoms with van der Waals surface area (Å²) in [5.74, 6) is -2.59. The highest BCUT2D eigenvalue weighted by Gasteiger charge is 2.52. The van der Waals surface area contributed by atoms with E-state index >= 15 is 0 Å². The first-order chi connectivity index (χ1) is 16.5. The van der Waals surface area contributed by atoms with Crippen LogP contribution in [0.2, 0.25) is 0 Å². The van der Waals surface area contributed by atoms with Crippen LogP contribution in [0, 0.1) is 0 Å². The number of nitrogens with one attached hydrogen (secondary N) is 2. The molecule has 0 saturated carbocycles. The number of carbonyl (C=O) groups is 5. The fourth-order valence-corrected chi connectivity index (χ4v) is 3.38. The summed E-state index contributed by atoms with van der Waals surface area (Å²) in [5, 5.41) is 5.11. The molecule has 5 atom stereocenters. The average Bonchev–Trinajstić information content (AvgIpc) is 2.75. The molecule has 1 fully saturated rings. The van der Waals surface area contributed by atoms with E-state index < -0.39 is 67.2 Å². The lowest BCUT2D eigenvalue weighted by molar-refractivity contribution is -0.270. The molecule has 1 aromatic rings. The van der Waals surface area contributed by atoms with E-state index in [4.69, 9.17) is 28.4 Å². The normalized spacial score (nSPS) is 23.3. The van der Waals surface area contributed by atoms with E-state index in [1.54, 1.807) is 24.3 Å². The van der Waals surface area contributed by atoms with Crippen molar-refractivity contribution in [1.29, 1.82) is 0 Å². The van der Waals surface area contributed by atoms with Crippen molar-refractivity contribution in [1.82, 2.24) is 5.32 Å². The number of benzene rings is 1. The highest BCUT2D eigenvalue weighted by molar-refractivity contribution is 5.91. The van der Waals surface area contributed by atoms with Gasteiger partial charge in [-0.3, -0.25) is 19.2 Å². The van der Waals surface area contributed by atoms with Crippen LogP contribution in [0.5, 0.6) is 5.75 Å². The summed E-state index contributed by atoms with van der Waals surface area (Å²) in [6.07, 6.45) is -5.38. The van der Waals surface area contributed by atoms with Crippen LogP contribution < -0.4 is 15.4 Å². The van der Waals surface area contributed by atoms with Crippen LogP contribution in [0.1, 0.15) is 27.7 Å². The van der Waals surface area contributed by atoms with E-state index in [9.17, 15) is 24.0 Å². The highest BCUT2D eigenvalue weighted by atomic mass is 16.7. The van der Waals surface area contributed by atoms with Crippen molar-refractivity contribution in [2.24, 2.45) is 0 Å². The molecule has 1 saturated heterocycles. The van der Waals surface area contributed by atoms with Crippen molar-refractivity contribution in [3.8, 4) is 5.75 Å². The van der Waals surface area contributed by atoms with Gasteiger partial charge >= 0.3 is 29.9 Å². The van der Waals surface area contributed by atoms with E-state index in [1.807, 2.05) is 0 Å². The largest absolute Gasteiger partial charge is 0.495 e. The summed E-state index contributed by atoms with van der Waals surface area (Å²) >= 11 is 0. The fraction of sp³-hybridized carbons (Fsp3) is 0.500. The van der Waals surface area contributed by atoms with E-state index in [0.29, 0.717) is 11.4 Å². The van der Waals surface area contributed by atoms with Crippen LogP contribution in [-0.4, -0.2) is 74.3 Å². The summed E-state index contributed by atoms with van der Waals surface area (Å²) in [7, 11) is 1.42. The minimum atomic E-state index is -1.49. The highest BCUT2D eigenvalue weighted by Crippen LogP contribution is 2.29.